The zero-order valence-electron chi connectivity index (χ0n) is 9.55. The summed E-state index contributed by atoms with van der Waals surface area (Å²) in [4.78, 5) is 4.06. The van der Waals surface area contributed by atoms with Crippen LogP contribution in [0.25, 0.3) is 0 Å². The third kappa shape index (κ3) is 3.28. The summed E-state index contributed by atoms with van der Waals surface area (Å²) < 4.78 is 12.7. The van der Waals surface area contributed by atoms with Crippen molar-refractivity contribution in [3.05, 3.63) is 59.7 Å². The van der Waals surface area contributed by atoms with Crippen molar-refractivity contribution in [3.8, 4) is 0 Å². The lowest BCUT2D eigenvalue weighted by molar-refractivity contribution is 0.321. The smallest absolute Gasteiger partial charge is 0.123 e. The minimum absolute atomic E-state index is 0.243. The second-order valence-corrected chi connectivity index (χ2v) is 3.70. The second kappa shape index (κ2) is 5.77. The first kappa shape index (κ1) is 12.0. The highest BCUT2D eigenvalue weighted by Gasteiger charge is 1.96. The third-order valence-electron chi connectivity index (χ3n) is 2.39. The molecule has 2 rings (SSSR count). The molecular weight excluding hydrogens is 233 g/mol. The van der Waals surface area contributed by atoms with E-state index >= 15 is 0 Å². The monoisotopic (exact) mass is 245 g/mol. The van der Waals surface area contributed by atoms with Crippen LogP contribution in [0.1, 0.15) is 11.3 Å². The van der Waals surface area contributed by atoms with Crippen molar-refractivity contribution >= 4 is 11.9 Å². The van der Waals surface area contributed by atoms with Crippen LogP contribution in [0, 0.1) is 5.82 Å². The molecule has 0 spiro atoms. The highest BCUT2D eigenvalue weighted by Crippen LogP contribution is 2.09. The molecule has 1 heterocycles. The Bertz CT molecular complexity index is 523. The number of rotatable bonds is 4. The number of hydrogen-bond acceptors (Lipinski definition) is 4. The first-order valence-electron chi connectivity index (χ1n) is 5.40. The molecule has 0 radical (unpaired) electrons. The molecule has 0 saturated carbocycles. The number of nitrogens with zero attached hydrogens (tertiary/aromatic N) is 2. The summed E-state index contributed by atoms with van der Waals surface area (Å²) in [6, 6.07) is 9.86. The van der Waals surface area contributed by atoms with Gasteiger partial charge in [-0.25, -0.2) is 4.39 Å². The van der Waals surface area contributed by atoms with Gasteiger partial charge in [0.1, 0.15) is 5.82 Å². The maximum absolute atomic E-state index is 12.7. The van der Waals surface area contributed by atoms with Gasteiger partial charge in [-0.3, -0.25) is 4.98 Å². The van der Waals surface area contributed by atoms with Gasteiger partial charge in [0.05, 0.1) is 23.8 Å². The van der Waals surface area contributed by atoms with Crippen LogP contribution < -0.4 is 5.32 Å². The van der Waals surface area contributed by atoms with Gasteiger partial charge in [-0.15, -0.1) is 0 Å². The van der Waals surface area contributed by atoms with Gasteiger partial charge >= 0.3 is 0 Å². The maximum atomic E-state index is 12.7. The molecule has 0 amide bonds. The number of pyridine rings is 1. The number of benzene rings is 1. The number of aromatic nitrogens is 1. The Morgan fingerprint density at radius 3 is 2.61 bits per heavy atom. The van der Waals surface area contributed by atoms with Crippen molar-refractivity contribution in [2.45, 2.75) is 6.54 Å². The molecule has 1 aromatic carbocycles. The summed E-state index contributed by atoms with van der Waals surface area (Å²) in [5.74, 6) is -0.243. The molecule has 0 aliphatic rings. The van der Waals surface area contributed by atoms with Crippen LogP contribution in [0.2, 0.25) is 0 Å². The molecule has 0 bridgehead atoms. The Labute approximate surface area is 104 Å². The number of hydrogen-bond donors (Lipinski definition) is 2. The van der Waals surface area contributed by atoms with Gasteiger partial charge in [0.2, 0.25) is 0 Å². The van der Waals surface area contributed by atoms with Crippen molar-refractivity contribution in [3.63, 3.8) is 0 Å². The molecule has 4 nitrogen and oxygen atoms in total. The van der Waals surface area contributed by atoms with E-state index in [9.17, 15) is 4.39 Å². The Morgan fingerprint density at radius 2 is 2.00 bits per heavy atom. The maximum Gasteiger partial charge on any atom is 0.123 e. The van der Waals surface area contributed by atoms with Gasteiger partial charge in [-0.1, -0.05) is 17.3 Å². The molecule has 0 saturated heterocycles. The van der Waals surface area contributed by atoms with Crippen LogP contribution in [0.15, 0.2) is 47.8 Å². The quantitative estimate of drug-likeness (QED) is 0.494. The summed E-state index contributed by atoms with van der Waals surface area (Å²) >= 11 is 0. The van der Waals surface area contributed by atoms with Crippen LogP contribution >= 0.6 is 0 Å². The van der Waals surface area contributed by atoms with Crippen molar-refractivity contribution in [2.24, 2.45) is 5.16 Å². The van der Waals surface area contributed by atoms with E-state index in [4.69, 9.17) is 5.21 Å². The SMILES string of the molecule is O/N=C/c1ccc(NCc2ccc(F)cc2)cn1. The normalized spacial score (nSPS) is 10.7. The van der Waals surface area contributed by atoms with Crippen molar-refractivity contribution in [2.75, 3.05) is 5.32 Å². The number of anilines is 1. The van der Waals surface area contributed by atoms with E-state index in [2.05, 4.69) is 15.5 Å². The fraction of sp³-hybridized carbons (Fsp3) is 0.0769. The summed E-state index contributed by atoms with van der Waals surface area (Å²) in [7, 11) is 0. The summed E-state index contributed by atoms with van der Waals surface area (Å²) in [6.45, 7) is 0.593. The first-order valence-corrected chi connectivity index (χ1v) is 5.40. The zero-order chi connectivity index (χ0) is 12.8. The van der Waals surface area contributed by atoms with E-state index in [-0.39, 0.29) is 5.82 Å². The van der Waals surface area contributed by atoms with Crippen molar-refractivity contribution < 1.29 is 9.60 Å². The minimum Gasteiger partial charge on any atom is -0.411 e. The predicted octanol–water partition coefficient (Wildman–Crippen LogP) is 2.64. The highest BCUT2D eigenvalue weighted by molar-refractivity contribution is 5.76. The average molecular weight is 245 g/mol. The molecule has 2 aromatic rings. The summed E-state index contributed by atoms with van der Waals surface area (Å²) in [5, 5.41) is 14.4. The highest BCUT2D eigenvalue weighted by atomic mass is 19.1. The van der Waals surface area contributed by atoms with E-state index in [1.807, 2.05) is 6.07 Å². The Balaban J connectivity index is 1.95. The number of halogens is 1. The van der Waals surface area contributed by atoms with Crippen LogP contribution in [0.5, 0.6) is 0 Å². The van der Waals surface area contributed by atoms with E-state index < -0.39 is 0 Å². The van der Waals surface area contributed by atoms with Crippen LogP contribution in [-0.4, -0.2) is 16.4 Å². The largest absolute Gasteiger partial charge is 0.411 e. The molecule has 0 fully saturated rings. The van der Waals surface area contributed by atoms with Crippen LogP contribution in [0.4, 0.5) is 10.1 Å². The predicted molar refractivity (Wildman–Crippen MR) is 67.3 cm³/mol. The van der Waals surface area contributed by atoms with Crippen molar-refractivity contribution in [1.82, 2.24) is 4.98 Å². The lowest BCUT2D eigenvalue weighted by atomic mass is 10.2. The first-order chi connectivity index (χ1) is 8.78. The van der Waals surface area contributed by atoms with Crippen LogP contribution in [0.3, 0.4) is 0 Å². The van der Waals surface area contributed by atoms with Gasteiger partial charge in [0.25, 0.3) is 0 Å². The number of nitrogens with one attached hydrogen (secondary N) is 1. The third-order valence-corrected chi connectivity index (χ3v) is 2.39. The topological polar surface area (TPSA) is 57.5 Å². The van der Waals surface area contributed by atoms with Gasteiger partial charge in [-0.2, -0.15) is 0 Å². The fourth-order valence-corrected chi connectivity index (χ4v) is 1.45. The van der Waals surface area contributed by atoms with E-state index in [1.54, 1.807) is 24.4 Å². The van der Waals surface area contributed by atoms with Crippen LogP contribution in [-0.2, 0) is 6.54 Å². The average Bonchev–Trinajstić information content (AvgIpc) is 2.40. The summed E-state index contributed by atoms with van der Waals surface area (Å²) in [5.41, 5.74) is 2.40. The molecular formula is C13H12FN3O. The van der Waals surface area contributed by atoms with Gasteiger partial charge in [0.15, 0.2) is 0 Å². The minimum atomic E-state index is -0.243. The Morgan fingerprint density at radius 1 is 1.22 bits per heavy atom. The van der Waals surface area contributed by atoms with Gasteiger partial charge < -0.3 is 10.5 Å². The van der Waals surface area contributed by atoms with E-state index in [0.29, 0.717) is 12.2 Å². The molecule has 5 heteroatoms. The standard InChI is InChI=1S/C13H12FN3O/c14-11-3-1-10(2-4-11)7-15-12-5-6-13(9-17-18)16-8-12/h1-6,8-9,15,18H,7H2/b17-9+. The molecule has 18 heavy (non-hydrogen) atoms. The molecule has 0 unspecified atom stereocenters. The van der Waals surface area contributed by atoms with E-state index in [0.717, 1.165) is 11.3 Å². The van der Waals surface area contributed by atoms with Gasteiger partial charge in [0, 0.05) is 6.54 Å². The molecule has 2 N–H and O–H groups in total. The molecule has 92 valence electrons. The Hall–Kier alpha value is -2.43. The Kier molecular flexibility index (Phi) is 3.86. The molecule has 0 aliphatic heterocycles. The lowest BCUT2D eigenvalue weighted by Gasteiger charge is -2.06. The molecule has 0 aliphatic carbocycles. The molecule has 1 aromatic heterocycles. The van der Waals surface area contributed by atoms with Gasteiger partial charge in [-0.05, 0) is 29.8 Å². The summed E-state index contributed by atoms with van der Waals surface area (Å²) in [6.07, 6.45) is 2.89. The lowest BCUT2D eigenvalue weighted by Crippen LogP contribution is -2.00. The molecule has 0 atom stereocenters. The van der Waals surface area contributed by atoms with E-state index in [1.165, 1.54) is 18.3 Å². The second-order valence-electron chi connectivity index (χ2n) is 3.70. The number of oxime groups is 1. The zero-order valence-corrected chi connectivity index (χ0v) is 9.55. The van der Waals surface area contributed by atoms with Crippen molar-refractivity contribution in [1.29, 1.82) is 0 Å². The fourth-order valence-electron chi connectivity index (χ4n) is 1.45.